The summed E-state index contributed by atoms with van der Waals surface area (Å²) < 4.78 is 18.4. The molecule has 0 bridgehead atoms. The first-order valence-electron chi connectivity index (χ1n) is 9.86. The minimum Gasteiger partial charge on any atom is -0.449 e. The number of carbonyl (C=O) groups excluding carboxylic acids is 2. The van der Waals surface area contributed by atoms with Crippen LogP contribution in [0.25, 0.3) is 0 Å². The Hall–Kier alpha value is -2.91. The number of anilines is 1. The van der Waals surface area contributed by atoms with Crippen molar-refractivity contribution in [3.8, 4) is 0 Å². The molecule has 0 atom stereocenters. The van der Waals surface area contributed by atoms with Gasteiger partial charge in [0.25, 0.3) is 0 Å². The summed E-state index contributed by atoms with van der Waals surface area (Å²) in [6.07, 6.45) is 0.237. The SMILES string of the molecule is CN(C)CCCOC(=O)Nc1cccc(CN2N=C(c3ccc(F)cc3)CSC2=O)c1. The van der Waals surface area contributed by atoms with E-state index in [9.17, 15) is 14.0 Å². The van der Waals surface area contributed by atoms with E-state index < -0.39 is 6.09 Å². The van der Waals surface area contributed by atoms with Crippen molar-refractivity contribution in [2.75, 3.05) is 38.3 Å². The maximum absolute atomic E-state index is 13.2. The number of halogens is 1. The number of carbonyl (C=O) groups is 2. The van der Waals surface area contributed by atoms with Gasteiger partial charge in [0.05, 0.1) is 18.9 Å². The number of amides is 2. The Labute approximate surface area is 185 Å². The van der Waals surface area contributed by atoms with E-state index in [1.165, 1.54) is 17.1 Å². The second-order valence-corrected chi connectivity index (χ2v) is 8.21. The van der Waals surface area contributed by atoms with Gasteiger partial charge in [-0.15, -0.1) is 0 Å². The van der Waals surface area contributed by atoms with Crippen LogP contribution in [0, 0.1) is 5.82 Å². The lowest BCUT2D eigenvalue weighted by molar-refractivity contribution is 0.156. The van der Waals surface area contributed by atoms with E-state index in [1.807, 2.05) is 25.1 Å². The van der Waals surface area contributed by atoms with Crippen LogP contribution in [-0.2, 0) is 11.3 Å². The molecular weight excluding hydrogens is 419 g/mol. The summed E-state index contributed by atoms with van der Waals surface area (Å²) in [5.41, 5.74) is 2.87. The molecule has 2 aromatic rings. The Morgan fingerprint density at radius 1 is 1.26 bits per heavy atom. The van der Waals surface area contributed by atoms with Crippen molar-refractivity contribution in [1.82, 2.24) is 9.91 Å². The number of hydrogen-bond donors (Lipinski definition) is 1. The largest absolute Gasteiger partial charge is 0.449 e. The average Bonchev–Trinajstić information content (AvgIpc) is 2.74. The fourth-order valence-electron chi connectivity index (χ4n) is 2.92. The van der Waals surface area contributed by atoms with Crippen molar-refractivity contribution >= 4 is 34.5 Å². The van der Waals surface area contributed by atoms with Gasteiger partial charge >= 0.3 is 11.3 Å². The summed E-state index contributed by atoms with van der Waals surface area (Å²) in [7, 11) is 3.92. The summed E-state index contributed by atoms with van der Waals surface area (Å²) in [5, 5.41) is 8.38. The zero-order chi connectivity index (χ0) is 22.2. The average molecular weight is 445 g/mol. The molecule has 2 aromatic carbocycles. The van der Waals surface area contributed by atoms with Gasteiger partial charge in [-0.3, -0.25) is 10.1 Å². The summed E-state index contributed by atoms with van der Waals surface area (Å²) in [6, 6.07) is 13.2. The zero-order valence-corrected chi connectivity index (χ0v) is 18.3. The van der Waals surface area contributed by atoms with Gasteiger partial charge in [0.15, 0.2) is 0 Å². The number of nitrogens with zero attached hydrogens (tertiary/aromatic N) is 3. The van der Waals surface area contributed by atoms with Gasteiger partial charge in [-0.05, 0) is 55.9 Å². The molecule has 3 rings (SSSR count). The van der Waals surface area contributed by atoms with E-state index in [-0.39, 0.29) is 17.6 Å². The number of rotatable bonds is 8. The van der Waals surface area contributed by atoms with E-state index in [2.05, 4.69) is 10.4 Å². The Bertz CT molecular complexity index is 950. The van der Waals surface area contributed by atoms with Gasteiger partial charge in [0.1, 0.15) is 5.82 Å². The van der Waals surface area contributed by atoms with E-state index in [1.54, 1.807) is 30.3 Å². The second kappa shape index (κ2) is 10.9. The minimum absolute atomic E-state index is 0.162. The normalized spacial score (nSPS) is 13.9. The lowest BCUT2D eigenvalue weighted by atomic mass is 10.1. The highest BCUT2D eigenvalue weighted by atomic mass is 32.2. The van der Waals surface area contributed by atoms with Crippen LogP contribution in [0.2, 0.25) is 0 Å². The van der Waals surface area contributed by atoms with Gasteiger partial charge in [0, 0.05) is 18.0 Å². The number of hydrazone groups is 1. The Morgan fingerprint density at radius 3 is 2.77 bits per heavy atom. The molecule has 1 N–H and O–H groups in total. The van der Waals surface area contributed by atoms with Crippen molar-refractivity contribution in [1.29, 1.82) is 0 Å². The van der Waals surface area contributed by atoms with E-state index in [0.29, 0.717) is 23.8 Å². The first kappa shape index (κ1) is 22.8. The highest BCUT2D eigenvalue weighted by Gasteiger charge is 2.22. The van der Waals surface area contributed by atoms with Crippen molar-refractivity contribution in [3.63, 3.8) is 0 Å². The minimum atomic E-state index is -0.517. The van der Waals surface area contributed by atoms with Crippen LogP contribution in [0.3, 0.4) is 0 Å². The summed E-state index contributed by atoms with van der Waals surface area (Å²) in [6.45, 7) is 1.43. The molecule has 9 heteroatoms. The molecule has 1 aliphatic heterocycles. The molecule has 1 aliphatic rings. The molecule has 164 valence electrons. The third-order valence-corrected chi connectivity index (χ3v) is 5.33. The molecule has 0 aromatic heterocycles. The summed E-state index contributed by atoms with van der Waals surface area (Å²) in [4.78, 5) is 26.3. The van der Waals surface area contributed by atoms with Crippen molar-refractivity contribution in [2.45, 2.75) is 13.0 Å². The molecule has 0 unspecified atom stereocenters. The van der Waals surface area contributed by atoms with Crippen molar-refractivity contribution < 1.29 is 18.7 Å². The fraction of sp³-hybridized carbons (Fsp3) is 0.318. The molecule has 0 fully saturated rings. The van der Waals surface area contributed by atoms with E-state index in [4.69, 9.17) is 4.74 Å². The summed E-state index contributed by atoms with van der Waals surface area (Å²) >= 11 is 1.15. The number of thioether (sulfide) groups is 1. The van der Waals surface area contributed by atoms with Crippen LogP contribution in [-0.4, -0.2) is 60.0 Å². The highest BCUT2D eigenvalue weighted by Crippen LogP contribution is 2.23. The third-order valence-electron chi connectivity index (χ3n) is 4.45. The van der Waals surface area contributed by atoms with E-state index in [0.717, 1.165) is 35.9 Å². The molecule has 0 aliphatic carbocycles. The number of ether oxygens (including phenoxy) is 1. The predicted octanol–water partition coefficient (Wildman–Crippen LogP) is 4.40. The molecule has 0 spiro atoms. The molecule has 2 amide bonds. The van der Waals surface area contributed by atoms with Crippen LogP contribution in [0.1, 0.15) is 17.5 Å². The monoisotopic (exact) mass is 444 g/mol. The molecule has 7 nitrogen and oxygen atoms in total. The molecular formula is C22H25FN4O3S. The zero-order valence-electron chi connectivity index (χ0n) is 17.5. The van der Waals surface area contributed by atoms with Crippen LogP contribution in [0.4, 0.5) is 19.7 Å². The smallest absolute Gasteiger partial charge is 0.411 e. The summed E-state index contributed by atoms with van der Waals surface area (Å²) in [5.74, 6) is 0.115. The fourth-order valence-corrected chi connectivity index (χ4v) is 3.66. The van der Waals surface area contributed by atoms with Crippen molar-refractivity contribution in [3.05, 3.63) is 65.5 Å². The molecule has 0 saturated heterocycles. The topological polar surface area (TPSA) is 74.2 Å². The maximum Gasteiger partial charge on any atom is 0.411 e. The van der Waals surface area contributed by atoms with Crippen LogP contribution < -0.4 is 5.32 Å². The number of benzene rings is 2. The lowest BCUT2D eigenvalue weighted by Crippen LogP contribution is -2.29. The van der Waals surface area contributed by atoms with Gasteiger partial charge in [0.2, 0.25) is 0 Å². The Morgan fingerprint density at radius 2 is 2.03 bits per heavy atom. The maximum atomic E-state index is 13.2. The highest BCUT2D eigenvalue weighted by molar-refractivity contribution is 8.14. The van der Waals surface area contributed by atoms with Gasteiger partial charge in [-0.1, -0.05) is 36.0 Å². The first-order chi connectivity index (χ1) is 14.9. The predicted molar refractivity (Wildman–Crippen MR) is 121 cm³/mol. The Kier molecular flexibility index (Phi) is 8.02. The molecule has 1 heterocycles. The van der Waals surface area contributed by atoms with Gasteiger partial charge < -0.3 is 9.64 Å². The number of nitrogens with one attached hydrogen (secondary N) is 1. The van der Waals surface area contributed by atoms with Crippen LogP contribution in [0.15, 0.2) is 53.6 Å². The first-order valence-corrected chi connectivity index (χ1v) is 10.8. The van der Waals surface area contributed by atoms with Crippen LogP contribution in [0.5, 0.6) is 0 Å². The van der Waals surface area contributed by atoms with E-state index >= 15 is 0 Å². The standard InChI is InChI=1S/C22H25FN4O3S/c1-26(2)11-4-12-30-21(28)24-19-6-3-5-16(13-19)14-27-22(29)31-15-20(25-27)17-7-9-18(23)10-8-17/h3,5-10,13H,4,11-12,14-15H2,1-2H3,(H,24,28). The lowest BCUT2D eigenvalue weighted by Gasteiger charge is -2.23. The molecule has 31 heavy (non-hydrogen) atoms. The van der Waals surface area contributed by atoms with Gasteiger partial charge in [-0.25, -0.2) is 14.2 Å². The third kappa shape index (κ3) is 7.08. The quantitative estimate of drug-likeness (QED) is 0.611. The Balaban J connectivity index is 1.61. The molecule has 0 saturated carbocycles. The van der Waals surface area contributed by atoms with Crippen LogP contribution >= 0.6 is 11.8 Å². The second-order valence-electron chi connectivity index (χ2n) is 7.28. The molecule has 0 radical (unpaired) electrons. The van der Waals surface area contributed by atoms with Gasteiger partial charge in [-0.2, -0.15) is 5.10 Å². The van der Waals surface area contributed by atoms with Crippen molar-refractivity contribution in [2.24, 2.45) is 5.10 Å². The number of hydrogen-bond acceptors (Lipinski definition) is 6.